The van der Waals surface area contributed by atoms with E-state index in [-0.39, 0.29) is 16.3 Å². The number of rotatable bonds is 6. The molecule has 0 aliphatic heterocycles. The third-order valence-electron chi connectivity index (χ3n) is 3.69. The molecule has 2 aromatic carbocycles. The number of nitrogens with zero attached hydrogens (tertiary/aromatic N) is 1. The van der Waals surface area contributed by atoms with E-state index in [9.17, 15) is 16.8 Å². The molecule has 3 aromatic rings. The smallest absolute Gasteiger partial charge is 0.261 e. The molecule has 27 heavy (non-hydrogen) atoms. The van der Waals surface area contributed by atoms with E-state index >= 15 is 0 Å². The minimum atomic E-state index is -3.88. The maximum absolute atomic E-state index is 12.6. The number of sulfonamides is 2. The lowest BCUT2D eigenvalue weighted by molar-refractivity contribution is 0.583. The molecule has 0 saturated carbocycles. The van der Waals surface area contributed by atoms with Crippen molar-refractivity contribution >= 4 is 52.6 Å². The molecule has 0 aliphatic rings. The third kappa shape index (κ3) is 4.29. The molecule has 2 N–H and O–H groups in total. The van der Waals surface area contributed by atoms with E-state index < -0.39 is 20.0 Å². The first-order valence-electron chi connectivity index (χ1n) is 7.90. The Hall–Kier alpha value is -2.01. The van der Waals surface area contributed by atoms with Crippen molar-refractivity contribution in [3.8, 4) is 0 Å². The second kappa shape index (κ2) is 7.55. The van der Waals surface area contributed by atoms with Crippen LogP contribution in [0.15, 0.2) is 69.0 Å². The summed E-state index contributed by atoms with van der Waals surface area (Å²) in [7, 11) is -7.52. The van der Waals surface area contributed by atoms with Gasteiger partial charge in [0.05, 0.1) is 27.2 Å². The molecule has 0 fully saturated rings. The summed E-state index contributed by atoms with van der Waals surface area (Å²) in [6.07, 6.45) is 1.43. The number of benzene rings is 2. The van der Waals surface area contributed by atoms with Gasteiger partial charge < -0.3 is 0 Å². The zero-order valence-electron chi connectivity index (χ0n) is 14.2. The summed E-state index contributed by atoms with van der Waals surface area (Å²) in [6.45, 7) is 1.91. The summed E-state index contributed by atoms with van der Waals surface area (Å²) in [6, 6.07) is 12.2. The molecule has 0 atom stereocenters. The lowest BCUT2D eigenvalue weighted by Gasteiger charge is -2.10. The summed E-state index contributed by atoms with van der Waals surface area (Å²) in [5.74, 6) is 0. The molecule has 7 nitrogen and oxygen atoms in total. The number of para-hydroxylation sites is 1. The van der Waals surface area contributed by atoms with Gasteiger partial charge in [0, 0.05) is 16.4 Å². The van der Waals surface area contributed by atoms with Crippen LogP contribution in [-0.2, 0) is 20.0 Å². The molecular weight excluding hydrogens is 454 g/mol. The lowest BCUT2D eigenvalue weighted by Crippen LogP contribution is -2.23. The fraction of sp³-hybridized carbons (Fsp3) is 0.118. The number of aromatic nitrogens is 1. The van der Waals surface area contributed by atoms with Gasteiger partial charge in [0.1, 0.15) is 0 Å². The molecule has 0 radical (unpaired) electrons. The van der Waals surface area contributed by atoms with Gasteiger partial charge in [-0.25, -0.2) is 21.6 Å². The minimum Gasteiger partial charge on any atom is -0.278 e. The first-order valence-corrected chi connectivity index (χ1v) is 11.7. The maximum atomic E-state index is 12.6. The van der Waals surface area contributed by atoms with E-state index in [1.165, 1.54) is 30.5 Å². The Kier molecular flexibility index (Phi) is 5.52. The van der Waals surface area contributed by atoms with Crippen LogP contribution in [0, 0.1) is 0 Å². The third-order valence-corrected chi connectivity index (χ3v) is 7.29. The highest BCUT2D eigenvalue weighted by Gasteiger charge is 2.18. The molecule has 1 heterocycles. The highest BCUT2D eigenvalue weighted by Crippen LogP contribution is 2.25. The zero-order chi connectivity index (χ0) is 19.7. The van der Waals surface area contributed by atoms with Crippen LogP contribution in [0.3, 0.4) is 0 Å². The Morgan fingerprint density at radius 3 is 2.22 bits per heavy atom. The number of halogens is 1. The Bertz CT molecular complexity index is 1190. The van der Waals surface area contributed by atoms with Gasteiger partial charge in [-0.15, -0.1) is 0 Å². The molecular formula is C17H16BrN3O4S2. The van der Waals surface area contributed by atoms with Crippen LogP contribution in [0.1, 0.15) is 6.92 Å². The van der Waals surface area contributed by atoms with Crippen LogP contribution in [0.25, 0.3) is 10.9 Å². The highest BCUT2D eigenvalue weighted by molar-refractivity contribution is 9.10. The fourth-order valence-corrected chi connectivity index (χ4v) is 5.02. The van der Waals surface area contributed by atoms with Crippen LogP contribution in [0.5, 0.6) is 0 Å². The van der Waals surface area contributed by atoms with E-state index in [1.54, 1.807) is 13.0 Å². The summed E-state index contributed by atoms with van der Waals surface area (Å²) in [4.78, 5) is 4.22. The molecule has 142 valence electrons. The van der Waals surface area contributed by atoms with Gasteiger partial charge in [0.25, 0.3) is 10.0 Å². The largest absolute Gasteiger partial charge is 0.278 e. The van der Waals surface area contributed by atoms with Crippen molar-refractivity contribution in [1.29, 1.82) is 0 Å². The van der Waals surface area contributed by atoms with E-state index in [1.807, 2.05) is 18.2 Å². The van der Waals surface area contributed by atoms with Crippen LogP contribution < -0.4 is 9.44 Å². The number of pyridine rings is 1. The lowest BCUT2D eigenvalue weighted by atomic mass is 10.2. The van der Waals surface area contributed by atoms with E-state index in [0.717, 1.165) is 15.4 Å². The van der Waals surface area contributed by atoms with Crippen LogP contribution >= 0.6 is 15.9 Å². The van der Waals surface area contributed by atoms with Crippen molar-refractivity contribution in [2.45, 2.75) is 16.7 Å². The van der Waals surface area contributed by atoms with Crippen molar-refractivity contribution in [2.75, 3.05) is 11.3 Å². The average Bonchev–Trinajstić information content (AvgIpc) is 2.61. The van der Waals surface area contributed by atoms with E-state index in [2.05, 4.69) is 30.4 Å². The Balaban J connectivity index is 1.89. The Labute approximate surface area is 166 Å². The monoisotopic (exact) mass is 469 g/mol. The summed E-state index contributed by atoms with van der Waals surface area (Å²) in [5.41, 5.74) is 1.03. The second-order valence-electron chi connectivity index (χ2n) is 5.61. The first kappa shape index (κ1) is 19.7. The zero-order valence-corrected chi connectivity index (χ0v) is 17.4. The van der Waals surface area contributed by atoms with Crippen LogP contribution in [0.4, 0.5) is 5.69 Å². The predicted octanol–water partition coefficient (Wildman–Crippen LogP) is 3.10. The average molecular weight is 470 g/mol. The van der Waals surface area contributed by atoms with Gasteiger partial charge in [-0.05, 0) is 52.3 Å². The summed E-state index contributed by atoms with van der Waals surface area (Å²) < 4.78 is 54.7. The quantitative estimate of drug-likeness (QED) is 0.576. The van der Waals surface area contributed by atoms with Gasteiger partial charge in [-0.2, -0.15) is 0 Å². The number of nitrogens with one attached hydrogen (secondary N) is 2. The van der Waals surface area contributed by atoms with Gasteiger partial charge in [0.2, 0.25) is 10.0 Å². The molecule has 10 heteroatoms. The summed E-state index contributed by atoms with van der Waals surface area (Å²) >= 11 is 3.40. The normalized spacial score (nSPS) is 12.2. The SMILES string of the molecule is CCNS(=O)(=O)c1ccc(S(=O)(=O)Nc2cnc3c(Br)cccc3c2)cc1. The van der Waals surface area contributed by atoms with Crippen molar-refractivity contribution < 1.29 is 16.8 Å². The number of fused-ring (bicyclic) bond motifs is 1. The Morgan fingerprint density at radius 2 is 1.59 bits per heavy atom. The van der Waals surface area contributed by atoms with Crippen LogP contribution in [0.2, 0.25) is 0 Å². The first-order chi connectivity index (χ1) is 12.7. The van der Waals surface area contributed by atoms with Gasteiger partial charge in [0.15, 0.2) is 0 Å². The number of hydrogen-bond donors (Lipinski definition) is 2. The van der Waals surface area contributed by atoms with Crippen molar-refractivity contribution in [3.63, 3.8) is 0 Å². The molecule has 0 bridgehead atoms. The minimum absolute atomic E-state index is 0.000483. The van der Waals surface area contributed by atoms with E-state index in [0.29, 0.717) is 5.69 Å². The standard InChI is InChI=1S/C17H16BrN3O4S2/c1-2-20-26(22,23)14-6-8-15(9-7-14)27(24,25)21-13-10-12-4-3-5-16(18)17(12)19-11-13/h3-11,20-21H,2H2,1H3. The molecule has 3 rings (SSSR count). The topological polar surface area (TPSA) is 105 Å². The van der Waals surface area contributed by atoms with Crippen molar-refractivity contribution in [2.24, 2.45) is 0 Å². The highest BCUT2D eigenvalue weighted by atomic mass is 79.9. The molecule has 0 aliphatic carbocycles. The molecule has 0 unspecified atom stereocenters. The molecule has 0 amide bonds. The van der Waals surface area contributed by atoms with Crippen molar-refractivity contribution in [1.82, 2.24) is 9.71 Å². The number of anilines is 1. The Morgan fingerprint density at radius 1 is 0.963 bits per heavy atom. The molecule has 1 aromatic heterocycles. The summed E-state index contributed by atoms with van der Waals surface area (Å²) in [5, 5.41) is 0.775. The van der Waals surface area contributed by atoms with E-state index in [4.69, 9.17) is 0 Å². The fourth-order valence-electron chi connectivity index (χ4n) is 2.46. The molecule has 0 spiro atoms. The maximum Gasteiger partial charge on any atom is 0.261 e. The van der Waals surface area contributed by atoms with Crippen molar-refractivity contribution in [3.05, 3.63) is 59.2 Å². The van der Waals surface area contributed by atoms with Crippen LogP contribution in [-0.4, -0.2) is 28.4 Å². The number of hydrogen-bond acceptors (Lipinski definition) is 5. The van der Waals surface area contributed by atoms with Gasteiger partial charge >= 0.3 is 0 Å². The van der Waals surface area contributed by atoms with Gasteiger partial charge in [-0.1, -0.05) is 19.1 Å². The van der Waals surface area contributed by atoms with Gasteiger partial charge in [-0.3, -0.25) is 9.71 Å². The second-order valence-corrected chi connectivity index (χ2v) is 9.92. The predicted molar refractivity (Wildman–Crippen MR) is 108 cm³/mol. The molecule has 0 saturated heterocycles.